The van der Waals surface area contributed by atoms with E-state index in [-0.39, 0.29) is 5.60 Å². The number of fused-ring (bicyclic) bond motifs is 6. The van der Waals surface area contributed by atoms with Crippen LogP contribution >= 0.6 is 0 Å². The Morgan fingerprint density at radius 3 is 2.39 bits per heavy atom. The summed E-state index contributed by atoms with van der Waals surface area (Å²) in [5.74, 6) is 3.25. The molecule has 1 aromatic rings. The van der Waals surface area contributed by atoms with E-state index in [1.807, 2.05) is 0 Å². The van der Waals surface area contributed by atoms with E-state index in [4.69, 9.17) is 9.06 Å². The van der Waals surface area contributed by atoms with Crippen molar-refractivity contribution in [3.8, 4) is 0 Å². The van der Waals surface area contributed by atoms with Gasteiger partial charge in [-0.2, -0.15) is 0 Å². The molecule has 1 heterocycles. The van der Waals surface area contributed by atoms with E-state index in [0.717, 1.165) is 47.9 Å². The molecule has 4 unspecified atom stereocenters. The molecule has 3 fully saturated rings. The smallest absolute Gasteiger partial charge is 0.184 e. The second kappa shape index (κ2) is 5.93. The first-order valence-electron chi connectivity index (χ1n) is 11.6. The molecular weight excluding hydrogens is 364 g/mol. The van der Waals surface area contributed by atoms with Gasteiger partial charge in [-0.3, -0.25) is 0 Å². The zero-order valence-electron chi connectivity index (χ0n) is 18.7. The maximum Gasteiger partial charge on any atom is 0.184 e. The van der Waals surface area contributed by atoms with Gasteiger partial charge in [-0.05, 0) is 106 Å². The van der Waals surface area contributed by atoms with Crippen LogP contribution in [-0.2, 0) is 17.3 Å². The highest BCUT2D eigenvalue weighted by Crippen LogP contribution is 2.68. The lowest BCUT2D eigenvalue weighted by atomic mass is 9.44. The van der Waals surface area contributed by atoms with Crippen molar-refractivity contribution in [1.82, 2.24) is 10.3 Å². The van der Waals surface area contributed by atoms with Gasteiger partial charge in [0.1, 0.15) is 11.4 Å². The van der Waals surface area contributed by atoms with E-state index in [0.29, 0.717) is 10.8 Å². The molecule has 0 saturated heterocycles. The lowest BCUT2D eigenvalue weighted by Crippen LogP contribution is -2.58. The fourth-order valence-corrected chi connectivity index (χ4v) is 10.0. The van der Waals surface area contributed by atoms with E-state index >= 15 is 0 Å². The molecule has 7 atom stereocenters. The van der Waals surface area contributed by atoms with Crippen molar-refractivity contribution in [2.24, 2.45) is 34.5 Å². The van der Waals surface area contributed by atoms with Gasteiger partial charge in [0.05, 0.1) is 5.60 Å². The van der Waals surface area contributed by atoms with Crippen molar-refractivity contribution < 1.29 is 9.06 Å². The molecular formula is C23H38N2O2Si. The third-order valence-corrected chi connectivity index (χ3v) is 10.8. The van der Waals surface area contributed by atoms with Crippen LogP contribution in [0.2, 0.25) is 19.6 Å². The molecule has 5 heteroatoms. The molecule has 0 aromatic carbocycles. The molecule has 0 bridgehead atoms. The first kappa shape index (κ1) is 19.3. The third kappa shape index (κ3) is 2.57. The highest BCUT2D eigenvalue weighted by Gasteiger charge is 2.64. The van der Waals surface area contributed by atoms with Gasteiger partial charge in [0, 0.05) is 6.42 Å². The second-order valence-corrected chi connectivity index (χ2v) is 16.6. The van der Waals surface area contributed by atoms with Crippen LogP contribution in [0.25, 0.3) is 0 Å². The average molecular weight is 403 g/mol. The minimum atomic E-state index is -1.56. The highest BCUT2D eigenvalue weighted by molar-refractivity contribution is 6.69. The van der Waals surface area contributed by atoms with Crippen molar-refractivity contribution in [2.75, 3.05) is 0 Å². The van der Waals surface area contributed by atoms with E-state index < -0.39 is 8.32 Å². The monoisotopic (exact) mass is 402 g/mol. The summed E-state index contributed by atoms with van der Waals surface area (Å²) in [6, 6.07) is 0. The maximum atomic E-state index is 6.91. The fraction of sp³-hybridized carbons (Fsp3) is 0.913. The Labute approximate surface area is 171 Å². The molecule has 0 aliphatic heterocycles. The van der Waals surface area contributed by atoms with E-state index in [1.54, 1.807) is 0 Å². The van der Waals surface area contributed by atoms with E-state index in [2.05, 4.69) is 50.7 Å². The van der Waals surface area contributed by atoms with E-state index in [9.17, 15) is 0 Å². The molecule has 0 radical (unpaired) electrons. The molecule has 0 spiro atoms. The van der Waals surface area contributed by atoms with Crippen molar-refractivity contribution in [3.63, 3.8) is 0 Å². The van der Waals surface area contributed by atoms with Crippen LogP contribution in [0.4, 0.5) is 0 Å². The minimum absolute atomic E-state index is 0.0701. The molecule has 0 amide bonds. The topological polar surface area (TPSA) is 48.2 Å². The summed E-state index contributed by atoms with van der Waals surface area (Å²) in [6.07, 6.45) is 10.2. The molecule has 4 aliphatic rings. The Bertz CT molecular complexity index is 773. The molecule has 1 aromatic heterocycles. The van der Waals surface area contributed by atoms with Crippen LogP contribution < -0.4 is 0 Å². The Kier molecular flexibility index (Phi) is 4.09. The molecule has 5 rings (SSSR count). The van der Waals surface area contributed by atoms with Gasteiger partial charge in [-0.25, -0.2) is 4.63 Å². The summed E-state index contributed by atoms with van der Waals surface area (Å²) in [6.45, 7) is 14.7. The Balaban J connectivity index is 1.45. The van der Waals surface area contributed by atoms with Crippen molar-refractivity contribution in [3.05, 3.63) is 11.4 Å². The average Bonchev–Trinajstić information content (AvgIpc) is 3.12. The minimum Gasteiger partial charge on any atom is -0.412 e. The number of rotatable bonds is 2. The Hall–Kier alpha value is -0.683. The van der Waals surface area contributed by atoms with Gasteiger partial charge in [-0.15, -0.1) is 0 Å². The second-order valence-electron chi connectivity index (χ2n) is 12.1. The number of nitrogens with zero attached hydrogens (tertiary/aromatic N) is 2. The SMILES string of the molecule is C[C@]12Cc3nonc3CC1CCC1C2CC[C@@]2(C)C1CC[C@]2(C)O[Si](C)(C)C. The third-order valence-electron chi connectivity index (χ3n) is 9.75. The summed E-state index contributed by atoms with van der Waals surface area (Å²) < 4.78 is 12.0. The van der Waals surface area contributed by atoms with Crippen LogP contribution in [0.5, 0.6) is 0 Å². The van der Waals surface area contributed by atoms with Crippen LogP contribution in [-0.4, -0.2) is 24.2 Å². The Morgan fingerprint density at radius 2 is 1.64 bits per heavy atom. The van der Waals surface area contributed by atoms with Crippen molar-refractivity contribution in [2.45, 2.75) is 97.4 Å². The fourth-order valence-electron chi connectivity index (χ4n) is 8.32. The molecule has 4 aliphatic carbocycles. The lowest BCUT2D eigenvalue weighted by molar-refractivity contribution is -0.133. The van der Waals surface area contributed by atoms with Crippen LogP contribution in [0.3, 0.4) is 0 Å². The number of hydrogen-bond donors (Lipinski definition) is 0. The summed E-state index contributed by atoms with van der Waals surface area (Å²) in [4.78, 5) is 0. The van der Waals surface area contributed by atoms with Gasteiger partial charge in [0.2, 0.25) is 0 Å². The van der Waals surface area contributed by atoms with Crippen LogP contribution in [0.15, 0.2) is 4.63 Å². The first-order chi connectivity index (χ1) is 13.1. The van der Waals surface area contributed by atoms with Crippen LogP contribution in [0, 0.1) is 34.5 Å². The summed E-state index contributed by atoms with van der Waals surface area (Å²) >= 11 is 0. The summed E-state index contributed by atoms with van der Waals surface area (Å²) in [5.41, 5.74) is 3.06. The van der Waals surface area contributed by atoms with Gasteiger partial charge in [0.15, 0.2) is 8.32 Å². The Morgan fingerprint density at radius 1 is 0.929 bits per heavy atom. The highest BCUT2D eigenvalue weighted by atomic mass is 28.4. The lowest BCUT2D eigenvalue weighted by Gasteiger charge is -2.61. The van der Waals surface area contributed by atoms with Gasteiger partial charge < -0.3 is 4.43 Å². The van der Waals surface area contributed by atoms with Crippen LogP contribution in [0.1, 0.15) is 70.7 Å². The predicted molar refractivity (Wildman–Crippen MR) is 112 cm³/mol. The van der Waals surface area contributed by atoms with Crippen molar-refractivity contribution in [1.29, 1.82) is 0 Å². The largest absolute Gasteiger partial charge is 0.412 e. The van der Waals surface area contributed by atoms with Gasteiger partial charge >= 0.3 is 0 Å². The van der Waals surface area contributed by atoms with Gasteiger partial charge in [0.25, 0.3) is 0 Å². The zero-order valence-corrected chi connectivity index (χ0v) is 19.7. The van der Waals surface area contributed by atoms with Crippen molar-refractivity contribution >= 4 is 8.32 Å². The number of aromatic nitrogens is 2. The number of hydrogen-bond acceptors (Lipinski definition) is 4. The molecule has 3 saturated carbocycles. The molecule has 156 valence electrons. The quantitative estimate of drug-likeness (QED) is 0.601. The summed E-state index contributed by atoms with van der Waals surface area (Å²) in [7, 11) is -1.56. The molecule has 28 heavy (non-hydrogen) atoms. The normalized spacial score (nSPS) is 47.8. The summed E-state index contributed by atoms with van der Waals surface area (Å²) in [5, 5.41) is 8.47. The molecule has 4 nitrogen and oxygen atoms in total. The predicted octanol–water partition coefficient (Wildman–Crippen LogP) is 5.64. The zero-order chi connectivity index (χ0) is 19.9. The molecule has 0 N–H and O–H groups in total. The van der Waals surface area contributed by atoms with Gasteiger partial charge in [-0.1, -0.05) is 24.2 Å². The standard InChI is InChI=1S/C23H38N2O2Si/c1-21-14-20-19(24-27-25-20)13-15(21)7-8-16-17(21)9-11-22(2)18(16)10-12-23(22,3)26-28(4,5)6/h15-18H,7-14H2,1-6H3/t15?,16?,17?,18?,21-,22-,23-/m0/s1. The van der Waals surface area contributed by atoms with E-state index in [1.165, 1.54) is 38.5 Å². The maximum absolute atomic E-state index is 6.91. The first-order valence-corrected chi connectivity index (χ1v) is 15.0.